The van der Waals surface area contributed by atoms with Gasteiger partial charge in [0.05, 0.1) is 6.04 Å². The second-order valence-corrected chi connectivity index (χ2v) is 10.3. The molecule has 1 saturated heterocycles. The topological polar surface area (TPSA) is 32.3 Å². The Kier molecular flexibility index (Phi) is 4.35. The average Bonchev–Trinajstić information content (AvgIpc) is 3.02. The SMILES string of the molecule is O=C(NC12CC3CC(CC(C3)C1)C2)[C@@H]1CCCN1CC1CCCCC1. The summed E-state index contributed by atoms with van der Waals surface area (Å²) in [5.41, 5.74) is 0.185. The van der Waals surface area contributed by atoms with Gasteiger partial charge in [0.1, 0.15) is 0 Å². The third-order valence-electron chi connectivity index (χ3n) is 8.31. The van der Waals surface area contributed by atoms with E-state index >= 15 is 0 Å². The monoisotopic (exact) mass is 344 g/mol. The van der Waals surface area contributed by atoms with Gasteiger partial charge in [-0.3, -0.25) is 9.69 Å². The zero-order valence-electron chi connectivity index (χ0n) is 15.8. The number of amides is 1. The first-order valence-electron chi connectivity index (χ1n) is 11.3. The quantitative estimate of drug-likeness (QED) is 0.832. The Labute approximate surface area is 153 Å². The lowest BCUT2D eigenvalue weighted by Crippen LogP contribution is -2.62. The Hall–Kier alpha value is -0.570. The second-order valence-electron chi connectivity index (χ2n) is 10.3. The molecule has 5 saturated carbocycles. The van der Waals surface area contributed by atoms with Crippen molar-refractivity contribution in [3.05, 3.63) is 0 Å². The number of nitrogens with one attached hydrogen (secondary N) is 1. The highest BCUT2D eigenvalue weighted by molar-refractivity contribution is 5.82. The fourth-order valence-electron chi connectivity index (χ4n) is 7.65. The van der Waals surface area contributed by atoms with Crippen molar-refractivity contribution >= 4 is 5.91 Å². The van der Waals surface area contributed by atoms with Gasteiger partial charge in [0, 0.05) is 12.1 Å². The third kappa shape index (κ3) is 3.26. The number of hydrogen-bond acceptors (Lipinski definition) is 2. The summed E-state index contributed by atoms with van der Waals surface area (Å²) < 4.78 is 0. The van der Waals surface area contributed by atoms with Gasteiger partial charge in [0.15, 0.2) is 0 Å². The fraction of sp³-hybridized carbons (Fsp3) is 0.955. The third-order valence-corrected chi connectivity index (χ3v) is 8.31. The van der Waals surface area contributed by atoms with Crippen LogP contribution in [-0.2, 0) is 4.79 Å². The van der Waals surface area contributed by atoms with E-state index in [1.165, 1.54) is 83.6 Å². The Morgan fingerprint density at radius 1 is 0.880 bits per heavy atom. The molecular formula is C22H36N2O. The summed E-state index contributed by atoms with van der Waals surface area (Å²) in [6, 6.07) is 0.176. The van der Waals surface area contributed by atoms with Crippen molar-refractivity contribution in [1.82, 2.24) is 10.2 Å². The van der Waals surface area contributed by atoms with Gasteiger partial charge in [-0.25, -0.2) is 0 Å². The van der Waals surface area contributed by atoms with Crippen LogP contribution in [0.1, 0.15) is 83.5 Å². The van der Waals surface area contributed by atoms with Gasteiger partial charge >= 0.3 is 0 Å². The lowest BCUT2D eigenvalue weighted by Gasteiger charge is -2.57. The molecule has 25 heavy (non-hydrogen) atoms. The highest BCUT2D eigenvalue weighted by atomic mass is 16.2. The van der Waals surface area contributed by atoms with E-state index in [2.05, 4.69) is 10.2 Å². The molecule has 0 aromatic rings. The molecular weight excluding hydrogens is 308 g/mol. The number of hydrogen-bond donors (Lipinski definition) is 1. The van der Waals surface area contributed by atoms with E-state index in [1.54, 1.807) is 0 Å². The van der Waals surface area contributed by atoms with E-state index in [1.807, 2.05) is 0 Å². The van der Waals surface area contributed by atoms with Gasteiger partial charge < -0.3 is 5.32 Å². The molecule has 1 N–H and O–H groups in total. The molecule has 140 valence electrons. The highest BCUT2D eigenvalue weighted by Crippen LogP contribution is 2.55. The largest absolute Gasteiger partial charge is 0.349 e. The number of likely N-dealkylation sites (tertiary alicyclic amines) is 1. The van der Waals surface area contributed by atoms with Crippen LogP contribution in [0.4, 0.5) is 0 Å². The summed E-state index contributed by atoms with van der Waals surface area (Å²) in [7, 11) is 0. The Morgan fingerprint density at radius 2 is 1.52 bits per heavy atom. The van der Waals surface area contributed by atoms with Crippen molar-refractivity contribution in [2.45, 2.75) is 95.1 Å². The van der Waals surface area contributed by atoms with Gasteiger partial charge in [0.25, 0.3) is 0 Å². The lowest BCUT2D eigenvalue weighted by molar-refractivity contribution is -0.131. The summed E-state index contributed by atoms with van der Waals surface area (Å²) in [5.74, 6) is 3.97. The molecule has 6 aliphatic rings. The van der Waals surface area contributed by atoms with Crippen molar-refractivity contribution < 1.29 is 4.79 Å². The van der Waals surface area contributed by atoms with Gasteiger partial charge in [-0.2, -0.15) is 0 Å². The summed E-state index contributed by atoms with van der Waals surface area (Å²) in [6.45, 7) is 2.33. The van der Waals surface area contributed by atoms with Crippen molar-refractivity contribution in [3.63, 3.8) is 0 Å². The Balaban J connectivity index is 1.23. The van der Waals surface area contributed by atoms with Crippen LogP contribution in [0.2, 0.25) is 0 Å². The molecule has 3 nitrogen and oxygen atoms in total. The smallest absolute Gasteiger partial charge is 0.237 e. The molecule has 4 bridgehead atoms. The van der Waals surface area contributed by atoms with Crippen LogP contribution in [0.15, 0.2) is 0 Å². The molecule has 6 rings (SSSR count). The number of rotatable bonds is 4. The number of carbonyl (C=O) groups excluding carboxylic acids is 1. The summed E-state index contributed by atoms with van der Waals surface area (Å²) >= 11 is 0. The van der Waals surface area contributed by atoms with Crippen molar-refractivity contribution in [2.75, 3.05) is 13.1 Å². The Bertz CT molecular complexity index is 475. The van der Waals surface area contributed by atoms with Crippen molar-refractivity contribution in [2.24, 2.45) is 23.7 Å². The van der Waals surface area contributed by atoms with Gasteiger partial charge in [-0.1, -0.05) is 19.3 Å². The first kappa shape index (κ1) is 16.6. The van der Waals surface area contributed by atoms with Gasteiger partial charge in [0.2, 0.25) is 5.91 Å². The maximum absolute atomic E-state index is 13.2. The maximum atomic E-state index is 13.2. The number of nitrogens with zero attached hydrogens (tertiary/aromatic N) is 1. The molecule has 1 aliphatic heterocycles. The fourth-order valence-corrected chi connectivity index (χ4v) is 7.65. The minimum absolute atomic E-state index is 0.176. The molecule has 1 atom stereocenters. The first-order valence-corrected chi connectivity index (χ1v) is 11.3. The van der Waals surface area contributed by atoms with Crippen LogP contribution in [0, 0.1) is 23.7 Å². The first-order chi connectivity index (χ1) is 12.2. The van der Waals surface area contributed by atoms with E-state index in [0.29, 0.717) is 5.91 Å². The van der Waals surface area contributed by atoms with E-state index in [-0.39, 0.29) is 11.6 Å². The second kappa shape index (κ2) is 6.55. The molecule has 0 aromatic carbocycles. The summed E-state index contributed by atoms with van der Waals surface area (Å²) in [6.07, 6.45) is 17.5. The Morgan fingerprint density at radius 3 is 2.16 bits per heavy atom. The predicted molar refractivity (Wildman–Crippen MR) is 100 cm³/mol. The van der Waals surface area contributed by atoms with Crippen LogP contribution in [0.3, 0.4) is 0 Å². The summed E-state index contributed by atoms with van der Waals surface area (Å²) in [5, 5.41) is 3.65. The molecule has 0 unspecified atom stereocenters. The van der Waals surface area contributed by atoms with Gasteiger partial charge in [-0.05, 0) is 94.4 Å². The lowest BCUT2D eigenvalue weighted by atomic mass is 9.53. The standard InChI is InChI=1S/C22H36N2O/c25-21(20-7-4-8-24(20)15-16-5-2-1-3-6-16)23-22-12-17-9-18(13-22)11-19(10-17)14-22/h16-20H,1-15H2,(H,23,25)/t17?,18?,19?,20-,22?/m0/s1. The van der Waals surface area contributed by atoms with E-state index in [0.717, 1.165) is 36.6 Å². The molecule has 0 aromatic heterocycles. The van der Waals surface area contributed by atoms with Crippen molar-refractivity contribution in [3.8, 4) is 0 Å². The van der Waals surface area contributed by atoms with E-state index in [4.69, 9.17) is 0 Å². The zero-order valence-corrected chi connectivity index (χ0v) is 15.8. The molecule has 3 heteroatoms. The van der Waals surface area contributed by atoms with Gasteiger partial charge in [-0.15, -0.1) is 0 Å². The molecule has 1 amide bonds. The van der Waals surface area contributed by atoms with E-state index in [9.17, 15) is 4.79 Å². The molecule has 6 fully saturated rings. The molecule has 5 aliphatic carbocycles. The normalized spacial score (nSPS) is 44.3. The van der Waals surface area contributed by atoms with Crippen LogP contribution < -0.4 is 5.32 Å². The minimum atomic E-state index is 0.176. The molecule has 0 spiro atoms. The molecule has 0 radical (unpaired) electrons. The van der Waals surface area contributed by atoms with Crippen molar-refractivity contribution in [1.29, 1.82) is 0 Å². The minimum Gasteiger partial charge on any atom is -0.349 e. The molecule has 1 heterocycles. The van der Waals surface area contributed by atoms with E-state index < -0.39 is 0 Å². The van der Waals surface area contributed by atoms with Crippen LogP contribution >= 0.6 is 0 Å². The average molecular weight is 345 g/mol. The highest BCUT2D eigenvalue weighted by Gasteiger charge is 2.52. The van der Waals surface area contributed by atoms with Crippen LogP contribution in [0.5, 0.6) is 0 Å². The summed E-state index contributed by atoms with van der Waals surface area (Å²) in [4.78, 5) is 15.8. The van der Waals surface area contributed by atoms with Crippen LogP contribution in [-0.4, -0.2) is 35.5 Å². The van der Waals surface area contributed by atoms with Crippen LogP contribution in [0.25, 0.3) is 0 Å². The zero-order chi connectivity index (χ0) is 16.9. The number of carbonyl (C=O) groups is 1. The maximum Gasteiger partial charge on any atom is 0.237 e. The predicted octanol–water partition coefficient (Wildman–Crippen LogP) is 4.12.